The van der Waals surface area contributed by atoms with Crippen LogP contribution < -0.4 is 0 Å². The standard InChI is InChI=1S/C53H84O2/c1-7-8-9-10-11-12-13-14-15-16-17-18-19-20-21-22-23-24-25-26-27-28-29-33-51(54)55-46-38-40-52(5)45(42-46)34-35-47-49-37-36-48(44(4)32-30-31-43(2)3)53(49,6)41-39-50(47)52/h8-9,11-12,14-15,17-18,20-21,23-24,34,43-44,46-50H,7,10,13,16,19,22,25-33,35-42H2,1-6H3/b9-8-,12-11-,15-14-,18-17-,21-20-,24-23-. The fourth-order valence-corrected chi connectivity index (χ4v) is 11.5. The van der Waals surface area contributed by atoms with Gasteiger partial charge in [0.2, 0.25) is 0 Å². The van der Waals surface area contributed by atoms with Gasteiger partial charge in [-0.2, -0.15) is 0 Å². The van der Waals surface area contributed by atoms with E-state index in [2.05, 4.69) is 121 Å². The summed E-state index contributed by atoms with van der Waals surface area (Å²) in [7, 11) is 0. The number of hydrogen-bond acceptors (Lipinski definition) is 2. The van der Waals surface area contributed by atoms with E-state index in [1.54, 1.807) is 5.57 Å². The molecule has 3 saturated carbocycles. The Hall–Kier alpha value is -2.35. The first-order valence-electron chi connectivity index (χ1n) is 23.5. The predicted molar refractivity (Wildman–Crippen MR) is 239 cm³/mol. The number of fused-ring (bicyclic) bond motifs is 5. The third kappa shape index (κ3) is 14.2. The lowest BCUT2D eigenvalue weighted by atomic mass is 9.47. The molecule has 2 nitrogen and oxygen atoms in total. The van der Waals surface area contributed by atoms with Crippen molar-refractivity contribution < 1.29 is 9.53 Å². The van der Waals surface area contributed by atoms with Crippen molar-refractivity contribution in [2.24, 2.45) is 46.3 Å². The fraction of sp³-hybridized carbons (Fsp3) is 0.717. The molecule has 0 aromatic carbocycles. The second-order valence-corrected chi connectivity index (χ2v) is 19.0. The third-order valence-corrected chi connectivity index (χ3v) is 14.7. The summed E-state index contributed by atoms with van der Waals surface area (Å²) in [5.74, 6) is 5.24. The summed E-state index contributed by atoms with van der Waals surface area (Å²) in [6.45, 7) is 14.8. The Balaban J connectivity index is 1.04. The van der Waals surface area contributed by atoms with Crippen LogP contribution in [0.1, 0.15) is 189 Å². The van der Waals surface area contributed by atoms with Crippen molar-refractivity contribution in [3.63, 3.8) is 0 Å². The Bertz CT molecular complexity index is 1320. The molecular weight excluding hydrogens is 669 g/mol. The van der Waals surface area contributed by atoms with E-state index in [9.17, 15) is 4.79 Å². The van der Waals surface area contributed by atoms with Crippen molar-refractivity contribution in [1.82, 2.24) is 0 Å². The lowest BCUT2D eigenvalue weighted by Crippen LogP contribution is -2.51. The van der Waals surface area contributed by atoms with Gasteiger partial charge in [0.1, 0.15) is 6.10 Å². The van der Waals surface area contributed by atoms with Crippen LogP contribution >= 0.6 is 0 Å². The van der Waals surface area contributed by atoms with E-state index in [1.165, 1.54) is 70.6 Å². The van der Waals surface area contributed by atoms with Gasteiger partial charge in [-0.05, 0) is 149 Å². The maximum Gasteiger partial charge on any atom is 0.306 e. The highest BCUT2D eigenvalue weighted by Gasteiger charge is 2.59. The zero-order valence-corrected chi connectivity index (χ0v) is 36.6. The van der Waals surface area contributed by atoms with Crippen LogP contribution in [0.5, 0.6) is 0 Å². The van der Waals surface area contributed by atoms with Gasteiger partial charge in [0.25, 0.3) is 0 Å². The third-order valence-electron chi connectivity index (χ3n) is 14.7. The largest absolute Gasteiger partial charge is 0.462 e. The van der Waals surface area contributed by atoms with Gasteiger partial charge in [0.05, 0.1) is 0 Å². The zero-order valence-electron chi connectivity index (χ0n) is 36.6. The highest BCUT2D eigenvalue weighted by atomic mass is 16.5. The van der Waals surface area contributed by atoms with E-state index in [0.29, 0.717) is 17.3 Å². The summed E-state index contributed by atoms with van der Waals surface area (Å²) in [6.07, 6.45) is 56.6. The number of ether oxygens (including phenoxy) is 1. The fourth-order valence-electron chi connectivity index (χ4n) is 11.5. The van der Waals surface area contributed by atoms with E-state index in [0.717, 1.165) is 106 Å². The summed E-state index contributed by atoms with van der Waals surface area (Å²) in [4.78, 5) is 12.9. The minimum atomic E-state index is 0.0350. The average Bonchev–Trinajstić information content (AvgIpc) is 3.52. The van der Waals surface area contributed by atoms with Crippen molar-refractivity contribution in [3.05, 3.63) is 84.6 Å². The molecule has 308 valence electrons. The van der Waals surface area contributed by atoms with Gasteiger partial charge < -0.3 is 4.74 Å². The van der Waals surface area contributed by atoms with Crippen molar-refractivity contribution in [1.29, 1.82) is 0 Å². The maximum atomic E-state index is 12.9. The van der Waals surface area contributed by atoms with Crippen LogP contribution in [0, 0.1) is 46.3 Å². The van der Waals surface area contributed by atoms with Gasteiger partial charge in [0.15, 0.2) is 0 Å². The second-order valence-electron chi connectivity index (χ2n) is 19.0. The molecular formula is C53H84O2. The number of esters is 1. The number of allylic oxidation sites excluding steroid dienone is 13. The first-order chi connectivity index (χ1) is 26.7. The molecule has 0 spiro atoms. The molecule has 0 aromatic heterocycles. The van der Waals surface area contributed by atoms with Crippen molar-refractivity contribution >= 4 is 5.97 Å². The zero-order chi connectivity index (χ0) is 39.4. The van der Waals surface area contributed by atoms with Gasteiger partial charge in [-0.25, -0.2) is 0 Å². The number of hydrogen-bond donors (Lipinski definition) is 0. The SMILES string of the molecule is CC/C=C\C/C=C\C/C=C\C/C=C\C/C=C\C/C=C\CCCCCCC(=O)OC1CCC2(C)C(=CCC3C2CCC2(C)C(C(C)CCCC(C)C)CCC32)C1. The number of rotatable bonds is 24. The molecule has 4 aliphatic rings. The molecule has 0 bridgehead atoms. The van der Waals surface area contributed by atoms with Crippen LogP contribution in [0.3, 0.4) is 0 Å². The first kappa shape index (κ1) is 45.4. The van der Waals surface area contributed by atoms with E-state index in [4.69, 9.17) is 4.74 Å². The average molecular weight is 753 g/mol. The summed E-state index contributed by atoms with van der Waals surface area (Å²) in [6, 6.07) is 0. The molecule has 0 amide bonds. The van der Waals surface area contributed by atoms with Crippen LogP contribution in [-0.4, -0.2) is 12.1 Å². The first-order valence-corrected chi connectivity index (χ1v) is 23.5. The molecule has 2 heteroatoms. The normalized spacial score (nSPS) is 30.3. The molecule has 0 saturated heterocycles. The van der Waals surface area contributed by atoms with E-state index in [1.807, 2.05) is 0 Å². The number of unbranched alkanes of at least 4 members (excludes halogenated alkanes) is 4. The molecule has 4 aliphatic carbocycles. The van der Waals surface area contributed by atoms with E-state index >= 15 is 0 Å². The predicted octanol–water partition coefficient (Wildman–Crippen LogP) is 16.0. The van der Waals surface area contributed by atoms with Crippen LogP contribution in [0.15, 0.2) is 84.6 Å². The van der Waals surface area contributed by atoms with Crippen LogP contribution in [-0.2, 0) is 9.53 Å². The molecule has 0 radical (unpaired) electrons. The van der Waals surface area contributed by atoms with Gasteiger partial charge in [0, 0.05) is 12.8 Å². The van der Waals surface area contributed by atoms with Gasteiger partial charge in [-0.3, -0.25) is 4.79 Å². The van der Waals surface area contributed by atoms with Crippen molar-refractivity contribution in [3.8, 4) is 0 Å². The van der Waals surface area contributed by atoms with Gasteiger partial charge in [-0.1, -0.05) is 158 Å². The Kier molecular flexibility index (Phi) is 20.1. The van der Waals surface area contributed by atoms with Crippen molar-refractivity contribution in [2.75, 3.05) is 0 Å². The smallest absolute Gasteiger partial charge is 0.306 e. The molecule has 8 unspecified atom stereocenters. The lowest BCUT2D eigenvalue weighted by molar-refractivity contribution is -0.151. The summed E-state index contributed by atoms with van der Waals surface area (Å²) >= 11 is 0. The Morgan fingerprint density at radius 1 is 0.709 bits per heavy atom. The highest BCUT2D eigenvalue weighted by molar-refractivity contribution is 5.69. The molecule has 8 atom stereocenters. The second kappa shape index (κ2) is 24.4. The maximum absolute atomic E-state index is 12.9. The Labute approximate surface area is 340 Å². The van der Waals surface area contributed by atoms with Gasteiger partial charge >= 0.3 is 5.97 Å². The minimum Gasteiger partial charge on any atom is -0.462 e. The summed E-state index contributed by atoms with van der Waals surface area (Å²) in [5.41, 5.74) is 2.49. The molecule has 0 aromatic rings. The molecule has 55 heavy (non-hydrogen) atoms. The molecule has 0 aliphatic heterocycles. The number of carbonyl (C=O) groups excluding carboxylic acids is 1. The lowest BCUT2D eigenvalue weighted by Gasteiger charge is -2.58. The van der Waals surface area contributed by atoms with E-state index in [-0.39, 0.29) is 12.1 Å². The topological polar surface area (TPSA) is 26.3 Å². The molecule has 4 rings (SSSR count). The summed E-state index contributed by atoms with van der Waals surface area (Å²) in [5, 5.41) is 0. The van der Waals surface area contributed by atoms with E-state index < -0.39 is 0 Å². The van der Waals surface area contributed by atoms with Crippen molar-refractivity contribution in [2.45, 2.75) is 195 Å². The van der Waals surface area contributed by atoms with Crippen LogP contribution in [0.4, 0.5) is 0 Å². The summed E-state index contributed by atoms with van der Waals surface area (Å²) < 4.78 is 6.14. The van der Waals surface area contributed by atoms with Crippen LogP contribution in [0.25, 0.3) is 0 Å². The monoisotopic (exact) mass is 753 g/mol. The quantitative estimate of drug-likeness (QED) is 0.0557. The highest BCUT2D eigenvalue weighted by Crippen LogP contribution is 2.67. The number of carbonyl (C=O) groups is 1. The van der Waals surface area contributed by atoms with Crippen LogP contribution in [0.2, 0.25) is 0 Å². The molecule has 3 fully saturated rings. The molecule has 0 heterocycles. The van der Waals surface area contributed by atoms with Gasteiger partial charge in [-0.15, -0.1) is 0 Å². The molecule has 0 N–H and O–H groups in total. The Morgan fingerprint density at radius 2 is 1.33 bits per heavy atom. The minimum absolute atomic E-state index is 0.0350. The Morgan fingerprint density at radius 3 is 1.96 bits per heavy atom.